The summed E-state index contributed by atoms with van der Waals surface area (Å²) in [6, 6.07) is 1.41. The molecule has 3 aromatic rings. The third kappa shape index (κ3) is 4.45. The first-order valence-corrected chi connectivity index (χ1v) is 10.3. The topological polar surface area (TPSA) is 164 Å². The molecule has 0 saturated carbocycles. The zero-order valence-corrected chi connectivity index (χ0v) is 18.6. The summed E-state index contributed by atoms with van der Waals surface area (Å²) < 4.78 is 17.6. The molecule has 2 amide bonds. The van der Waals surface area contributed by atoms with Gasteiger partial charge < -0.3 is 24.8 Å². The number of nitrogens with one attached hydrogen (secondary N) is 1. The molecule has 0 aliphatic carbocycles. The fourth-order valence-electron chi connectivity index (χ4n) is 3.47. The first-order chi connectivity index (χ1) is 16.4. The number of hydrogen-bond acceptors (Lipinski definition) is 10. The number of nitrogens with two attached hydrogens (primary N) is 1. The molecular formula is C21H23N7O6. The van der Waals surface area contributed by atoms with Crippen LogP contribution in [0.15, 0.2) is 29.6 Å². The minimum Gasteiger partial charge on any atom is -0.491 e. The van der Waals surface area contributed by atoms with Crippen LogP contribution in [-0.4, -0.2) is 76.3 Å². The number of aromatic nitrogens is 4. The lowest BCUT2D eigenvalue weighted by Gasteiger charge is -2.26. The number of morpholine rings is 1. The second-order valence-electron chi connectivity index (χ2n) is 7.38. The molecule has 1 fully saturated rings. The van der Waals surface area contributed by atoms with Crippen molar-refractivity contribution in [1.82, 2.24) is 24.4 Å². The molecule has 13 nitrogen and oxygen atoms in total. The third-order valence-corrected chi connectivity index (χ3v) is 5.27. The molecule has 0 unspecified atom stereocenters. The standard InChI is InChI=1S/C21H23N7O6/c1-27-20(31)16-13(22)7-14(34-10-15(29)28-3-5-33-6-4-28)18(32-2)17(16)25-21(27)26-19(30)12-8-23-11-24-9-12/h7-9,11H,3-6,10,22H2,1-2H3,(H,25,26,30). The van der Waals surface area contributed by atoms with Gasteiger partial charge in [-0.1, -0.05) is 0 Å². The highest BCUT2D eigenvalue weighted by Crippen LogP contribution is 2.37. The van der Waals surface area contributed by atoms with Crippen molar-refractivity contribution in [2.75, 3.05) is 51.1 Å². The van der Waals surface area contributed by atoms with Gasteiger partial charge in [-0.05, 0) is 0 Å². The van der Waals surface area contributed by atoms with E-state index in [4.69, 9.17) is 19.9 Å². The number of carbonyl (C=O) groups excluding carboxylic acids is 2. The van der Waals surface area contributed by atoms with Gasteiger partial charge >= 0.3 is 0 Å². The maximum Gasteiger partial charge on any atom is 0.264 e. The van der Waals surface area contributed by atoms with E-state index in [1.807, 2.05) is 0 Å². The Morgan fingerprint density at radius 1 is 1.24 bits per heavy atom. The summed E-state index contributed by atoms with van der Waals surface area (Å²) in [5.41, 5.74) is 5.99. The van der Waals surface area contributed by atoms with Crippen LogP contribution >= 0.6 is 0 Å². The number of fused-ring (bicyclic) bond motifs is 1. The number of nitrogen functional groups attached to an aromatic ring is 1. The van der Waals surface area contributed by atoms with E-state index in [2.05, 4.69) is 20.3 Å². The highest BCUT2D eigenvalue weighted by Gasteiger charge is 2.23. The van der Waals surface area contributed by atoms with Gasteiger partial charge in [0.05, 0.1) is 37.0 Å². The number of benzene rings is 1. The number of methoxy groups -OCH3 is 1. The Hall–Kier alpha value is -4.26. The Morgan fingerprint density at radius 3 is 2.62 bits per heavy atom. The number of rotatable bonds is 6. The lowest BCUT2D eigenvalue weighted by Crippen LogP contribution is -2.43. The van der Waals surface area contributed by atoms with E-state index in [9.17, 15) is 14.4 Å². The molecule has 13 heteroatoms. The predicted octanol–water partition coefficient (Wildman–Crippen LogP) is -0.196. The van der Waals surface area contributed by atoms with E-state index < -0.39 is 11.5 Å². The largest absolute Gasteiger partial charge is 0.491 e. The first-order valence-electron chi connectivity index (χ1n) is 10.3. The molecule has 178 valence electrons. The van der Waals surface area contributed by atoms with Crippen LogP contribution in [0.5, 0.6) is 11.5 Å². The Kier molecular flexibility index (Phi) is 6.54. The second-order valence-corrected chi connectivity index (χ2v) is 7.38. The van der Waals surface area contributed by atoms with E-state index in [0.29, 0.717) is 26.3 Å². The van der Waals surface area contributed by atoms with Crippen molar-refractivity contribution in [3.63, 3.8) is 0 Å². The Morgan fingerprint density at radius 2 is 1.94 bits per heavy atom. The van der Waals surface area contributed by atoms with Crippen molar-refractivity contribution in [1.29, 1.82) is 0 Å². The lowest BCUT2D eigenvalue weighted by atomic mass is 10.1. The van der Waals surface area contributed by atoms with Crippen LogP contribution in [0.4, 0.5) is 11.6 Å². The summed E-state index contributed by atoms with van der Waals surface area (Å²) in [4.78, 5) is 51.7. The van der Waals surface area contributed by atoms with E-state index in [1.54, 1.807) is 4.90 Å². The fraction of sp³-hybridized carbons (Fsp3) is 0.333. The van der Waals surface area contributed by atoms with Crippen molar-refractivity contribution in [3.8, 4) is 11.5 Å². The summed E-state index contributed by atoms with van der Waals surface area (Å²) in [5, 5.41) is 2.66. The molecule has 1 saturated heterocycles. The highest BCUT2D eigenvalue weighted by molar-refractivity contribution is 6.04. The summed E-state index contributed by atoms with van der Waals surface area (Å²) in [5.74, 6) is -0.582. The summed E-state index contributed by atoms with van der Waals surface area (Å²) >= 11 is 0. The maximum atomic E-state index is 13.0. The van der Waals surface area contributed by atoms with Gasteiger partial charge in [-0.2, -0.15) is 0 Å². The van der Waals surface area contributed by atoms with Gasteiger partial charge in [0.25, 0.3) is 17.4 Å². The lowest BCUT2D eigenvalue weighted by molar-refractivity contribution is -0.137. The molecule has 1 aliphatic rings. The van der Waals surface area contributed by atoms with Gasteiger partial charge in [-0.3, -0.25) is 24.3 Å². The molecule has 0 atom stereocenters. The van der Waals surface area contributed by atoms with Gasteiger partial charge in [0.1, 0.15) is 11.8 Å². The molecule has 1 aliphatic heterocycles. The molecule has 0 radical (unpaired) electrons. The van der Waals surface area contributed by atoms with Crippen LogP contribution in [0.1, 0.15) is 10.4 Å². The number of ether oxygens (including phenoxy) is 3. The second kappa shape index (κ2) is 9.70. The van der Waals surface area contributed by atoms with Gasteiger partial charge in [-0.15, -0.1) is 0 Å². The quantitative estimate of drug-likeness (QED) is 0.462. The van der Waals surface area contributed by atoms with E-state index in [0.717, 1.165) is 4.57 Å². The predicted molar refractivity (Wildman–Crippen MR) is 121 cm³/mol. The number of carbonyl (C=O) groups is 2. The zero-order chi connectivity index (χ0) is 24.2. The number of amides is 2. The molecular weight excluding hydrogens is 446 g/mol. The van der Waals surface area contributed by atoms with Crippen molar-refractivity contribution >= 4 is 34.4 Å². The summed E-state index contributed by atoms with van der Waals surface area (Å²) in [6.45, 7) is 1.63. The highest BCUT2D eigenvalue weighted by atomic mass is 16.5. The fourth-order valence-corrected chi connectivity index (χ4v) is 3.47. The van der Waals surface area contributed by atoms with Crippen LogP contribution in [-0.2, 0) is 16.6 Å². The Balaban J connectivity index is 1.69. The third-order valence-electron chi connectivity index (χ3n) is 5.27. The van der Waals surface area contributed by atoms with Crippen LogP contribution in [0.2, 0.25) is 0 Å². The number of hydrogen-bond donors (Lipinski definition) is 2. The van der Waals surface area contributed by atoms with Crippen LogP contribution < -0.4 is 26.1 Å². The van der Waals surface area contributed by atoms with Crippen LogP contribution in [0.3, 0.4) is 0 Å². The number of anilines is 2. The average molecular weight is 469 g/mol. The average Bonchev–Trinajstić information content (AvgIpc) is 2.86. The minimum absolute atomic E-state index is 0.0504. The van der Waals surface area contributed by atoms with Gasteiger partial charge in [-0.25, -0.2) is 15.0 Å². The SMILES string of the molecule is COc1c(OCC(=O)N2CCOCC2)cc(N)c2c(=O)n(C)c(NC(=O)c3cncnc3)nc12. The molecule has 4 rings (SSSR count). The molecule has 0 spiro atoms. The van der Waals surface area contributed by atoms with Crippen molar-refractivity contribution in [2.24, 2.45) is 7.05 Å². The Bertz CT molecular complexity index is 1290. The van der Waals surface area contributed by atoms with E-state index in [1.165, 1.54) is 38.9 Å². The van der Waals surface area contributed by atoms with E-state index >= 15 is 0 Å². The van der Waals surface area contributed by atoms with Gasteiger partial charge in [0.2, 0.25) is 5.95 Å². The molecule has 3 N–H and O–H groups in total. The Labute approximate surface area is 193 Å². The van der Waals surface area contributed by atoms with Crippen LogP contribution in [0.25, 0.3) is 10.9 Å². The number of nitrogens with zero attached hydrogens (tertiary/aromatic N) is 5. The summed E-state index contributed by atoms with van der Waals surface area (Å²) in [7, 11) is 2.82. The molecule has 3 heterocycles. The van der Waals surface area contributed by atoms with Crippen molar-refractivity contribution in [3.05, 3.63) is 40.7 Å². The van der Waals surface area contributed by atoms with E-state index in [-0.39, 0.29) is 52.1 Å². The molecule has 34 heavy (non-hydrogen) atoms. The molecule has 1 aromatic carbocycles. The minimum atomic E-state index is -0.557. The van der Waals surface area contributed by atoms with Gasteiger partial charge in [0.15, 0.2) is 18.1 Å². The molecule has 0 bridgehead atoms. The van der Waals surface area contributed by atoms with Crippen molar-refractivity contribution < 1.29 is 23.8 Å². The molecule has 2 aromatic heterocycles. The maximum absolute atomic E-state index is 13.0. The summed E-state index contributed by atoms with van der Waals surface area (Å²) in [6.07, 6.45) is 3.95. The monoisotopic (exact) mass is 469 g/mol. The van der Waals surface area contributed by atoms with Crippen molar-refractivity contribution in [2.45, 2.75) is 0 Å². The first kappa shape index (κ1) is 22.9. The van der Waals surface area contributed by atoms with Gasteiger partial charge in [0, 0.05) is 38.6 Å². The smallest absolute Gasteiger partial charge is 0.264 e. The normalized spacial score (nSPS) is 13.5. The zero-order valence-electron chi connectivity index (χ0n) is 18.6. The van der Waals surface area contributed by atoms with Crippen LogP contribution in [0, 0.1) is 0 Å².